The van der Waals surface area contributed by atoms with Crippen LogP contribution >= 0.6 is 11.3 Å². The van der Waals surface area contributed by atoms with Gasteiger partial charge in [-0.1, -0.05) is 0 Å². The summed E-state index contributed by atoms with van der Waals surface area (Å²) in [6, 6.07) is 0. The Kier molecular flexibility index (Phi) is 5.86. The molecule has 0 fully saturated rings. The van der Waals surface area contributed by atoms with Crippen LogP contribution in [0.25, 0.3) is 0 Å². The summed E-state index contributed by atoms with van der Waals surface area (Å²) < 4.78 is 4.87. The summed E-state index contributed by atoms with van der Waals surface area (Å²) in [4.78, 5) is 31.0. The normalized spacial score (nSPS) is 11.3. The molecule has 118 valence electrons. The molecule has 1 rings (SSSR count). The van der Waals surface area contributed by atoms with Crippen LogP contribution in [0.15, 0.2) is 0 Å². The molecule has 1 N–H and O–H groups in total. The second-order valence-corrected chi connectivity index (χ2v) is 7.00. The fraction of sp³-hybridized carbons (Fsp3) is 0.643. The first kappa shape index (κ1) is 17.6. The number of hydrogen-bond donors (Lipinski definition) is 1. The van der Waals surface area contributed by atoms with E-state index in [1.165, 1.54) is 23.3 Å². The van der Waals surface area contributed by atoms with Crippen molar-refractivity contribution in [2.75, 3.05) is 25.6 Å². The molecule has 0 bridgehead atoms. The topological polar surface area (TPSA) is 71.5 Å². The van der Waals surface area contributed by atoms with E-state index in [0.29, 0.717) is 5.13 Å². The summed E-state index contributed by atoms with van der Waals surface area (Å²) in [7, 11) is 1.46. The third-order valence-electron chi connectivity index (χ3n) is 2.96. The summed E-state index contributed by atoms with van der Waals surface area (Å²) in [5, 5.41) is 3.30. The van der Waals surface area contributed by atoms with E-state index < -0.39 is 5.54 Å². The van der Waals surface area contributed by atoms with Gasteiger partial charge in [-0.3, -0.25) is 9.59 Å². The van der Waals surface area contributed by atoms with Crippen molar-refractivity contribution in [1.82, 2.24) is 9.88 Å². The average Bonchev–Trinajstić information content (AvgIpc) is 2.64. The third-order valence-corrected chi connectivity index (χ3v) is 3.94. The van der Waals surface area contributed by atoms with Crippen molar-refractivity contribution in [3.05, 3.63) is 10.6 Å². The van der Waals surface area contributed by atoms with E-state index in [4.69, 9.17) is 4.74 Å². The number of nitrogens with one attached hydrogen (secondary N) is 1. The number of aryl methyl sites for hydroxylation is 2. The van der Waals surface area contributed by atoms with Crippen LogP contribution in [-0.2, 0) is 14.3 Å². The second-order valence-electron chi connectivity index (χ2n) is 5.79. The maximum absolute atomic E-state index is 12.1. The van der Waals surface area contributed by atoms with Crippen LogP contribution in [-0.4, -0.2) is 47.5 Å². The smallest absolute Gasteiger partial charge is 0.249 e. The van der Waals surface area contributed by atoms with Gasteiger partial charge in [-0.05, 0) is 34.6 Å². The van der Waals surface area contributed by atoms with E-state index in [-0.39, 0.29) is 25.0 Å². The number of carbonyl (C=O) groups is 2. The van der Waals surface area contributed by atoms with Gasteiger partial charge in [0.25, 0.3) is 0 Å². The van der Waals surface area contributed by atoms with Crippen LogP contribution in [0.2, 0.25) is 0 Å². The van der Waals surface area contributed by atoms with Crippen molar-refractivity contribution in [2.24, 2.45) is 0 Å². The Labute approximate surface area is 129 Å². The molecule has 0 aliphatic heterocycles. The number of hydrogen-bond acceptors (Lipinski definition) is 5. The molecule has 0 spiro atoms. The molecule has 1 aromatic rings. The number of nitrogens with zero attached hydrogens (tertiary/aromatic N) is 2. The van der Waals surface area contributed by atoms with Crippen molar-refractivity contribution in [3.63, 3.8) is 0 Å². The fourth-order valence-electron chi connectivity index (χ4n) is 1.73. The standard InChI is InChI=1S/C14H23N3O3S/c1-9-10(2)21-13(15-9)16-11(18)7-17(14(3,4)5)12(19)8-20-6/h7-8H2,1-6H3,(H,15,16,18). The number of ether oxygens (including phenoxy) is 1. The Bertz CT molecular complexity index is 501. The molecule has 0 aliphatic carbocycles. The summed E-state index contributed by atoms with van der Waals surface area (Å²) in [5.41, 5.74) is 0.445. The highest BCUT2D eigenvalue weighted by Crippen LogP contribution is 2.21. The van der Waals surface area contributed by atoms with Gasteiger partial charge in [0.15, 0.2) is 5.13 Å². The van der Waals surface area contributed by atoms with Crippen LogP contribution < -0.4 is 5.32 Å². The summed E-state index contributed by atoms with van der Waals surface area (Å²) in [6.07, 6.45) is 0. The molecule has 21 heavy (non-hydrogen) atoms. The lowest BCUT2D eigenvalue weighted by molar-refractivity contribution is -0.142. The van der Waals surface area contributed by atoms with E-state index in [1.807, 2.05) is 34.6 Å². The molecule has 1 aromatic heterocycles. The number of methoxy groups -OCH3 is 1. The van der Waals surface area contributed by atoms with E-state index in [2.05, 4.69) is 10.3 Å². The van der Waals surface area contributed by atoms with Gasteiger partial charge >= 0.3 is 0 Å². The minimum atomic E-state index is -0.457. The Balaban J connectivity index is 2.74. The van der Waals surface area contributed by atoms with Gasteiger partial charge < -0.3 is 15.0 Å². The van der Waals surface area contributed by atoms with Crippen LogP contribution in [0.4, 0.5) is 5.13 Å². The highest BCUT2D eigenvalue weighted by molar-refractivity contribution is 7.15. The lowest BCUT2D eigenvalue weighted by Gasteiger charge is -2.34. The molecule has 2 amide bonds. The molecule has 0 aromatic carbocycles. The number of aromatic nitrogens is 1. The summed E-state index contributed by atoms with van der Waals surface area (Å²) in [6.45, 7) is 9.42. The van der Waals surface area contributed by atoms with Gasteiger partial charge in [0.2, 0.25) is 11.8 Å². The quantitative estimate of drug-likeness (QED) is 0.902. The molecular formula is C14H23N3O3S. The Morgan fingerprint density at radius 2 is 1.95 bits per heavy atom. The van der Waals surface area contributed by atoms with Crippen LogP contribution in [0.3, 0.4) is 0 Å². The highest BCUT2D eigenvalue weighted by atomic mass is 32.1. The molecule has 0 unspecified atom stereocenters. The molecule has 0 radical (unpaired) electrons. The van der Waals surface area contributed by atoms with E-state index in [9.17, 15) is 9.59 Å². The van der Waals surface area contributed by atoms with Crippen molar-refractivity contribution in [3.8, 4) is 0 Å². The zero-order valence-corrected chi connectivity index (χ0v) is 14.3. The van der Waals surface area contributed by atoms with E-state index in [1.54, 1.807) is 0 Å². The SMILES string of the molecule is COCC(=O)N(CC(=O)Nc1nc(C)c(C)s1)C(C)(C)C. The number of anilines is 1. The van der Waals surface area contributed by atoms with Crippen molar-refractivity contribution < 1.29 is 14.3 Å². The summed E-state index contributed by atoms with van der Waals surface area (Å²) in [5.74, 6) is -0.477. The largest absolute Gasteiger partial charge is 0.375 e. The van der Waals surface area contributed by atoms with Gasteiger partial charge in [-0.25, -0.2) is 4.98 Å². The molecule has 0 aliphatic rings. The molecule has 7 heteroatoms. The zero-order chi connectivity index (χ0) is 16.2. The fourth-order valence-corrected chi connectivity index (χ4v) is 2.56. The predicted molar refractivity (Wildman–Crippen MR) is 83.6 cm³/mol. The average molecular weight is 313 g/mol. The minimum absolute atomic E-state index is 0.0244. The predicted octanol–water partition coefficient (Wildman–Crippen LogP) is 1.97. The summed E-state index contributed by atoms with van der Waals surface area (Å²) >= 11 is 1.42. The van der Waals surface area contributed by atoms with Gasteiger partial charge in [-0.15, -0.1) is 11.3 Å². The number of thiazole rings is 1. The molecule has 0 saturated heterocycles. The highest BCUT2D eigenvalue weighted by Gasteiger charge is 2.28. The molecule has 0 atom stereocenters. The van der Waals surface area contributed by atoms with Crippen LogP contribution in [0.5, 0.6) is 0 Å². The number of carbonyl (C=O) groups excluding carboxylic acids is 2. The molecule has 1 heterocycles. The van der Waals surface area contributed by atoms with Gasteiger partial charge in [0.05, 0.1) is 5.69 Å². The van der Waals surface area contributed by atoms with Gasteiger partial charge in [0, 0.05) is 17.5 Å². The Hall–Kier alpha value is -1.47. The number of rotatable bonds is 5. The zero-order valence-electron chi connectivity index (χ0n) is 13.4. The van der Waals surface area contributed by atoms with Crippen molar-refractivity contribution >= 4 is 28.3 Å². The Morgan fingerprint density at radius 1 is 1.33 bits per heavy atom. The monoisotopic (exact) mass is 313 g/mol. The second kappa shape index (κ2) is 7.00. The van der Waals surface area contributed by atoms with Crippen molar-refractivity contribution in [1.29, 1.82) is 0 Å². The van der Waals surface area contributed by atoms with Gasteiger partial charge in [0.1, 0.15) is 13.2 Å². The van der Waals surface area contributed by atoms with Crippen LogP contribution in [0.1, 0.15) is 31.3 Å². The lowest BCUT2D eigenvalue weighted by Crippen LogP contribution is -2.50. The van der Waals surface area contributed by atoms with Gasteiger partial charge in [-0.2, -0.15) is 0 Å². The molecule has 0 saturated carbocycles. The van der Waals surface area contributed by atoms with Crippen LogP contribution in [0, 0.1) is 13.8 Å². The van der Waals surface area contributed by atoms with Crippen molar-refractivity contribution in [2.45, 2.75) is 40.2 Å². The van der Waals surface area contributed by atoms with E-state index in [0.717, 1.165) is 10.6 Å². The molecule has 6 nitrogen and oxygen atoms in total. The first-order chi connectivity index (χ1) is 9.65. The minimum Gasteiger partial charge on any atom is -0.375 e. The number of amides is 2. The first-order valence-electron chi connectivity index (χ1n) is 6.68. The lowest BCUT2D eigenvalue weighted by atomic mass is 10.1. The Morgan fingerprint density at radius 3 is 2.38 bits per heavy atom. The molecular weight excluding hydrogens is 290 g/mol. The third kappa shape index (κ3) is 5.09. The first-order valence-corrected chi connectivity index (χ1v) is 7.50. The maximum Gasteiger partial charge on any atom is 0.249 e. The van der Waals surface area contributed by atoms with E-state index >= 15 is 0 Å². The maximum atomic E-state index is 12.1.